The largest absolute Gasteiger partial charge is 0.496 e. The van der Waals surface area contributed by atoms with Gasteiger partial charge >= 0.3 is 0 Å². The Hall–Kier alpha value is -2.32. The molecule has 0 bridgehead atoms. The molecule has 0 unspecified atom stereocenters. The number of halogens is 2. The molecule has 3 aromatic rings. The molecule has 0 saturated heterocycles. The fraction of sp³-hybridized carbons (Fsp3) is 0.280. The van der Waals surface area contributed by atoms with Gasteiger partial charge in [0, 0.05) is 21.9 Å². The minimum absolute atomic E-state index is 0.0745. The summed E-state index contributed by atoms with van der Waals surface area (Å²) in [5, 5.41) is 0.524. The molecule has 1 aliphatic rings. The first-order chi connectivity index (χ1) is 15.4. The Balaban J connectivity index is 1.66. The number of ether oxygens (including phenoxy) is 2. The molecule has 166 valence electrons. The summed E-state index contributed by atoms with van der Waals surface area (Å²) in [5.41, 5.74) is 5.32. The van der Waals surface area contributed by atoms with E-state index < -0.39 is 0 Å². The normalized spacial score (nSPS) is 13.2. The number of carbonyl (C=O) groups is 1. The van der Waals surface area contributed by atoms with Gasteiger partial charge in [-0.25, -0.2) is 4.98 Å². The number of pyridine rings is 1. The van der Waals surface area contributed by atoms with Crippen LogP contribution in [0.2, 0.25) is 5.02 Å². The summed E-state index contributed by atoms with van der Waals surface area (Å²) in [7, 11) is 1.62. The maximum atomic E-state index is 13.4. The van der Waals surface area contributed by atoms with Crippen LogP contribution in [0.15, 0.2) is 42.5 Å². The molecule has 32 heavy (non-hydrogen) atoms. The Morgan fingerprint density at radius 1 is 1.19 bits per heavy atom. The average Bonchev–Trinajstić information content (AvgIpc) is 2.79. The van der Waals surface area contributed by atoms with Gasteiger partial charge in [-0.05, 0) is 65.6 Å². The van der Waals surface area contributed by atoms with E-state index in [1.54, 1.807) is 12.0 Å². The number of methoxy groups -OCH3 is 1. The molecule has 1 aliphatic heterocycles. The Labute approximate surface area is 206 Å². The number of hydrogen-bond acceptors (Lipinski definition) is 4. The van der Waals surface area contributed by atoms with E-state index in [0.717, 1.165) is 37.9 Å². The maximum Gasteiger partial charge on any atom is 0.256 e. The molecule has 1 aromatic heterocycles. The van der Waals surface area contributed by atoms with Gasteiger partial charge in [0.2, 0.25) is 5.88 Å². The number of hydrogen-bond donors (Lipinski definition) is 0. The zero-order valence-corrected chi connectivity index (χ0v) is 21.2. The molecule has 7 heteroatoms. The van der Waals surface area contributed by atoms with Crippen molar-refractivity contribution < 1.29 is 14.3 Å². The zero-order chi connectivity index (χ0) is 22.8. The lowest BCUT2D eigenvalue weighted by molar-refractivity contribution is 0.0723. The fourth-order valence-corrected chi connectivity index (χ4v) is 4.98. The first kappa shape index (κ1) is 22.9. The van der Waals surface area contributed by atoms with Gasteiger partial charge in [0.05, 0.1) is 29.8 Å². The van der Waals surface area contributed by atoms with Crippen molar-refractivity contribution in [1.82, 2.24) is 9.88 Å². The van der Waals surface area contributed by atoms with Gasteiger partial charge < -0.3 is 14.4 Å². The first-order valence-electron chi connectivity index (χ1n) is 10.4. The van der Waals surface area contributed by atoms with E-state index in [1.165, 1.54) is 0 Å². The van der Waals surface area contributed by atoms with Crippen LogP contribution in [0.1, 0.15) is 38.3 Å². The van der Waals surface area contributed by atoms with E-state index in [-0.39, 0.29) is 5.91 Å². The Bertz CT molecular complexity index is 1170. The summed E-state index contributed by atoms with van der Waals surface area (Å²) in [4.78, 5) is 19.8. The Kier molecular flexibility index (Phi) is 6.90. The lowest BCUT2D eigenvalue weighted by Gasteiger charge is -2.31. The first-order valence-corrected chi connectivity index (χ1v) is 11.8. The Morgan fingerprint density at radius 2 is 1.94 bits per heavy atom. The van der Waals surface area contributed by atoms with Crippen molar-refractivity contribution in [2.75, 3.05) is 13.7 Å². The molecule has 0 radical (unpaired) electrons. The summed E-state index contributed by atoms with van der Waals surface area (Å²) in [6, 6.07) is 13.8. The van der Waals surface area contributed by atoms with Crippen molar-refractivity contribution in [1.29, 1.82) is 0 Å². The minimum Gasteiger partial charge on any atom is -0.496 e. The van der Waals surface area contributed by atoms with Gasteiger partial charge in [-0.1, -0.05) is 41.9 Å². The van der Waals surface area contributed by atoms with E-state index in [9.17, 15) is 4.79 Å². The van der Waals surface area contributed by atoms with Crippen molar-refractivity contribution in [3.63, 3.8) is 0 Å². The summed E-state index contributed by atoms with van der Waals surface area (Å²) in [5.74, 6) is 1.06. The molecule has 2 heterocycles. The molecular weight excluding hydrogens is 539 g/mol. The number of nitrogens with zero attached hydrogens (tertiary/aromatic N) is 2. The molecule has 0 N–H and O–H groups in total. The van der Waals surface area contributed by atoms with Crippen LogP contribution in [0.25, 0.3) is 0 Å². The highest BCUT2D eigenvalue weighted by atomic mass is 127. The van der Waals surface area contributed by atoms with Crippen molar-refractivity contribution >= 4 is 40.1 Å². The highest BCUT2D eigenvalue weighted by molar-refractivity contribution is 14.1. The van der Waals surface area contributed by atoms with Gasteiger partial charge in [0.1, 0.15) is 12.4 Å². The topological polar surface area (TPSA) is 51.7 Å². The number of benzene rings is 2. The number of carbonyl (C=O) groups excluding carboxylic acids is 1. The van der Waals surface area contributed by atoms with Crippen molar-refractivity contribution in [3.8, 4) is 11.6 Å². The summed E-state index contributed by atoms with van der Waals surface area (Å²) >= 11 is 8.74. The second-order valence-corrected chi connectivity index (χ2v) is 9.38. The predicted octanol–water partition coefficient (Wildman–Crippen LogP) is 5.74. The fourth-order valence-electron chi connectivity index (χ4n) is 4.00. The van der Waals surface area contributed by atoms with Gasteiger partial charge in [0.15, 0.2) is 0 Å². The quantitative estimate of drug-likeness (QED) is 0.360. The summed E-state index contributed by atoms with van der Waals surface area (Å²) < 4.78 is 12.6. The lowest BCUT2D eigenvalue weighted by Crippen LogP contribution is -2.38. The van der Waals surface area contributed by atoms with E-state index in [2.05, 4.69) is 27.6 Å². The Morgan fingerprint density at radius 3 is 2.66 bits per heavy atom. The molecule has 2 aromatic carbocycles. The molecule has 4 rings (SSSR count). The van der Waals surface area contributed by atoms with Crippen LogP contribution < -0.4 is 9.47 Å². The molecule has 5 nitrogen and oxygen atoms in total. The average molecular weight is 563 g/mol. The van der Waals surface area contributed by atoms with Gasteiger partial charge in [-0.2, -0.15) is 0 Å². The van der Waals surface area contributed by atoms with Crippen molar-refractivity contribution in [2.24, 2.45) is 0 Å². The lowest BCUT2D eigenvalue weighted by atomic mass is 9.94. The minimum atomic E-state index is -0.0745. The third kappa shape index (κ3) is 4.57. The van der Waals surface area contributed by atoms with Crippen molar-refractivity contribution in [3.05, 3.63) is 84.6 Å². The number of aryl methyl sites for hydroxylation is 2. The molecule has 0 fully saturated rings. The van der Waals surface area contributed by atoms with Gasteiger partial charge in [-0.3, -0.25) is 4.79 Å². The molecule has 0 spiro atoms. The van der Waals surface area contributed by atoms with Crippen LogP contribution in [0.4, 0.5) is 0 Å². The number of rotatable bonds is 6. The zero-order valence-electron chi connectivity index (χ0n) is 18.2. The van der Waals surface area contributed by atoms with E-state index in [4.69, 9.17) is 21.1 Å². The van der Waals surface area contributed by atoms with Crippen molar-refractivity contribution in [2.45, 2.75) is 33.4 Å². The number of fused-ring (bicyclic) bond motifs is 1. The molecule has 1 amide bonds. The smallest absolute Gasteiger partial charge is 0.256 e. The maximum absolute atomic E-state index is 13.4. The highest BCUT2D eigenvalue weighted by Gasteiger charge is 2.30. The van der Waals surface area contributed by atoms with Crippen LogP contribution in [0, 0.1) is 17.4 Å². The molecule has 0 aliphatic carbocycles. The van der Waals surface area contributed by atoms with Gasteiger partial charge in [0.25, 0.3) is 5.91 Å². The predicted molar refractivity (Wildman–Crippen MR) is 134 cm³/mol. The number of aromatic nitrogens is 1. The van der Waals surface area contributed by atoms with Gasteiger partial charge in [-0.15, -0.1) is 0 Å². The number of amides is 1. The van der Waals surface area contributed by atoms with Crippen LogP contribution in [0.5, 0.6) is 11.6 Å². The third-order valence-corrected chi connectivity index (χ3v) is 7.21. The van der Waals surface area contributed by atoms with E-state index in [1.807, 2.05) is 56.3 Å². The summed E-state index contributed by atoms with van der Waals surface area (Å²) in [6.45, 7) is 5.24. The molecule has 0 atom stereocenters. The second kappa shape index (κ2) is 9.67. The molecular formula is C25H24ClIN2O3. The van der Waals surface area contributed by atoms with Crippen LogP contribution in [-0.2, 0) is 19.6 Å². The standard InChI is InChI=1S/C25H24ClIN2O3/c1-15-11-20(27)23(26)22-18(15)9-10-29(25(22)30)13-19-21(31-3)12-16(2)28-24(19)32-14-17-7-5-4-6-8-17/h4-8,11-12H,9-10,13-14H2,1-3H3. The summed E-state index contributed by atoms with van der Waals surface area (Å²) in [6.07, 6.45) is 0.755. The SMILES string of the molecule is COc1cc(C)nc(OCc2ccccc2)c1CN1CCc2c(C)cc(I)c(Cl)c2C1=O. The second-order valence-electron chi connectivity index (χ2n) is 7.84. The monoisotopic (exact) mass is 562 g/mol. The third-order valence-electron chi connectivity index (χ3n) is 5.64. The molecule has 0 saturated carbocycles. The van der Waals surface area contributed by atoms with Crippen LogP contribution in [-0.4, -0.2) is 29.4 Å². The highest BCUT2D eigenvalue weighted by Crippen LogP contribution is 2.35. The van der Waals surface area contributed by atoms with Crippen LogP contribution in [0.3, 0.4) is 0 Å². The van der Waals surface area contributed by atoms with E-state index >= 15 is 0 Å². The van der Waals surface area contributed by atoms with Crippen LogP contribution >= 0.6 is 34.2 Å². The van der Waals surface area contributed by atoms with E-state index in [0.29, 0.717) is 41.9 Å².